The highest BCUT2D eigenvalue weighted by Gasteiger charge is 2.38. The number of hydrogen-bond acceptors (Lipinski definition) is 6. The fourth-order valence-corrected chi connectivity index (χ4v) is 2.41. The Hall–Kier alpha value is -2.70. The van der Waals surface area contributed by atoms with E-state index in [1.165, 1.54) is 5.48 Å². The van der Waals surface area contributed by atoms with Crippen LogP contribution >= 0.6 is 0 Å². The molecule has 0 saturated heterocycles. The van der Waals surface area contributed by atoms with Crippen LogP contribution < -0.4 is 15.0 Å². The van der Waals surface area contributed by atoms with Crippen molar-refractivity contribution in [3.05, 3.63) is 23.3 Å². The molecule has 0 spiro atoms. The number of benzene rings is 1. The number of alkyl halides is 6. The van der Waals surface area contributed by atoms with Crippen molar-refractivity contribution in [2.75, 3.05) is 6.61 Å². The third-order valence-electron chi connectivity index (χ3n) is 3.41. The molecule has 7 nitrogen and oxygen atoms in total. The van der Waals surface area contributed by atoms with Gasteiger partial charge in [0.15, 0.2) is 17.5 Å². The second-order valence-electron chi connectivity index (χ2n) is 5.55. The van der Waals surface area contributed by atoms with Crippen LogP contribution in [-0.2, 0) is 16.0 Å². The lowest BCUT2D eigenvalue weighted by molar-refractivity contribution is -0.287. The highest BCUT2D eigenvalue weighted by Crippen LogP contribution is 2.40. The lowest BCUT2D eigenvalue weighted by Crippen LogP contribution is -2.31. The number of hydrogen-bond donors (Lipinski definition) is 2. The summed E-state index contributed by atoms with van der Waals surface area (Å²) in [5.41, 5.74) is 0.972. The Labute approximate surface area is 153 Å². The number of rotatable bonds is 6. The van der Waals surface area contributed by atoms with Crippen LogP contribution in [0.15, 0.2) is 17.1 Å². The van der Waals surface area contributed by atoms with Gasteiger partial charge in [-0.3, -0.25) is 10.0 Å². The number of aryl methyl sites for hydroxylation is 1. The SMILES string of the molecule is CCCc1cc(C2=NC(C(=O)NO)CO2)cc(OC(F)(F)F)c1OC(F)(F)F. The molecule has 0 saturated carbocycles. The first-order chi connectivity index (χ1) is 12.9. The molecule has 0 aromatic heterocycles. The average molecular weight is 416 g/mol. The topological polar surface area (TPSA) is 89.4 Å². The van der Waals surface area contributed by atoms with Crippen LogP contribution in [0.25, 0.3) is 0 Å². The summed E-state index contributed by atoms with van der Waals surface area (Å²) in [6, 6.07) is 0.546. The molecular formula is C15H14F6N2O5. The molecule has 0 aliphatic carbocycles. The number of amides is 1. The summed E-state index contributed by atoms with van der Waals surface area (Å²) in [7, 11) is 0. The molecule has 0 radical (unpaired) electrons. The maximum Gasteiger partial charge on any atom is 0.573 e. The van der Waals surface area contributed by atoms with E-state index in [2.05, 4.69) is 14.5 Å². The van der Waals surface area contributed by atoms with Gasteiger partial charge < -0.3 is 14.2 Å². The minimum Gasteiger partial charge on any atom is -0.475 e. The Bertz CT molecular complexity index is 763. The van der Waals surface area contributed by atoms with Crippen LogP contribution in [0.2, 0.25) is 0 Å². The van der Waals surface area contributed by atoms with Crippen LogP contribution in [-0.4, -0.2) is 42.4 Å². The van der Waals surface area contributed by atoms with Gasteiger partial charge in [0.05, 0.1) is 0 Å². The molecule has 28 heavy (non-hydrogen) atoms. The molecule has 2 N–H and O–H groups in total. The van der Waals surface area contributed by atoms with Crippen LogP contribution in [0.5, 0.6) is 11.5 Å². The van der Waals surface area contributed by atoms with E-state index in [4.69, 9.17) is 9.94 Å². The fraction of sp³-hybridized carbons (Fsp3) is 0.467. The van der Waals surface area contributed by atoms with E-state index < -0.39 is 36.2 Å². The van der Waals surface area contributed by atoms with Crippen molar-refractivity contribution in [3.63, 3.8) is 0 Å². The van der Waals surface area contributed by atoms with E-state index in [0.717, 1.165) is 6.07 Å². The molecule has 13 heteroatoms. The first-order valence-corrected chi connectivity index (χ1v) is 7.77. The summed E-state index contributed by atoms with van der Waals surface area (Å²) >= 11 is 0. The van der Waals surface area contributed by atoms with E-state index in [1.807, 2.05) is 0 Å². The molecule has 2 rings (SSSR count). The zero-order valence-electron chi connectivity index (χ0n) is 14.1. The van der Waals surface area contributed by atoms with Gasteiger partial charge in [-0.15, -0.1) is 26.3 Å². The minimum atomic E-state index is -5.29. The summed E-state index contributed by atoms with van der Waals surface area (Å²) in [6.45, 7) is 1.28. The number of nitrogens with one attached hydrogen (secondary N) is 1. The average Bonchev–Trinajstić information content (AvgIpc) is 3.04. The Morgan fingerprint density at radius 1 is 1.25 bits per heavy atom. The highest BCUT2D eigenvalue weighted by molar-refractivity contribution is 5.99. The predicted octanol–water partition coefficient (Wildman–Crippen LogP) is 3.09. The molecule has 156 valence electrons. The van der Waals surface area contributed by atoms with Crippen molar-refractivity contribution in [2.45, 2.75) is 38.5 Å². The smallest absolute Gasteiger partial charge is 0.475 e. The van der Waals surface area contributed by atoms with Crippen LogP contribution in [0.1, 0.15) is 24.5 Å². The van der Waals surface area contributed by atoms with Crippen LogP contribution in [0.3, 0.4) is 0 Å². The van der Waals surface area contributed by atoms with Crippen molar-refractivity contribution in [1.29, 1.82) is 0 Å². The summed E-state index contributed by atoms with van der Waals surface area (Å²) in [6.07, 6.45) is -10.3. The van der Waals surface area contributed by atoms with Crippen LogP contribution in [0, 0.1) is 0 Å². The summed E-state index contributed by atoms with van der Waals surface area (Å²) in [4.78, 5) is 15.2. The number of aliphatic imine (C=N–C) groups is 1. The normalized spacial score (nSPS) is 17.0. The molecule has 1 aliphatic rings. The molecule has 1 aromatic rings. The van der Waals surface area contributed by atoms with Crippen molar-refractivity contribution >= 4 is 11.8 Å². The lowest BCUT2D eigenvalue weighted by atomic mass is 10.0. The maximum absolute atomic E-state index is 12.7. The number of carbonyl (C=O) groups excluding carboxylic acids is 1. The second-order valence-corrected chi connectivity index (χ2v) is 5.55. The monoisotopic (exact) mass is 416 g/mol. The van der Waals surface area contributed by atoms with Gasteiger partial charge in [0, 0.05) is 5.56 Å². The third-order valence-corrected chi connectivity index (χ3v) is 3.41. The van der Waals surface area contributed by atoms with Crippen molar-refractivity contribution in [1.82, 2.24) is 5.48 Å². The Balaban J connectivity index is 2.55. The Morgan fingerprint density at radius 3 is 2.43 bits per heavy atom. The molecule has 1 aromatic carbocycles. The fourth-order valence-electron chi connectivity index (χ4n) is 2.41. The van der Waals surface area contributed by atoms with Gasteiger partial charge in [-0.25, -0.2) is 10.5 Å². The molecule has 0 bridgehead atoms. The lowest BCUT2D eigenvalue weighted by Gasteiger charge is -2.19. The molecule has 1 unspecified atom stereocenters. The van der Waals surface area contributed by atoms with Gasteiger partial charge in [-0.2, -0.15) is 0 Å². The third kappa shape index (κ3) is 5.65. The maximum atomic E-state index is 12.7. The van der Waals surface area contributed by atoms with E-state index >= 15 is 0 Å². The largest absolute Gasteiger partial charge is 0.573 e. The van der Waals surface area contributed by atoms with E-state index in [1.54, 1.807) is 6.92 Å². The zero-order chi connectivity index (χ0) is 21.1. The molecule has 1 heterocycles. The van der Waals surface area contributed by atoms with Crippen LogP contribution in [0.4, 0.5) is 26.3 Å². The number of ether oxygens (including phenoxy) is 3. The molecule has 1 amide bonds. The highest BCUT2D eigenvalue weighted by atomic mass is 19.4. The van der Waals surface area contributed by atoms with Gasteiger partial charge >= 0.3 is 12.7 Å². The minimum absolute atomic E-state index is 0.0681. The predicted molar refractivity (Wildman–Crippen MR) is 80.0 cm³/mol. The standard InChI is InChI=1S/C15H14F6N2O5/c1-2-3-7-4-8(13-22-9(6-26-13)12(24)23-25)5-10(27-14(16,17)18)11(7)28-15(19,20)21/h4-5,9,25H,2-3,6H2,1H3,(H,23,24). The van der Waals surface area contributed by atoms with Gasteiger partial charge in [-0.05, 0) is 24.1 Å². The number of carbonyl (C=O) groups is 1. The summed E-state index contributed by atoms with van der Waals surface area (Å²) in [5.74, 6) is -3.57. The van der Waals surface area contributed by atoms with E-state index in [0.29, 0.717) is 6.07 Å². The number of nitrogens with zero attached hydrogens (tertiary/aromatic N) is 1. The van der Waals surface area contributed by atoms with Gasteiger partial charge in [0.25, 0.3) is 5.91 Å². The second kappa shape index (κ2) is 8.12. The van der Waals surface area contributed by atoms with Crippen molar-refractivity contribution in [3.8, 4) is 11.5 Å². The number of halogens is 6. The Kier molecular flexibility index (Phi) is 6.27. The zero-order valence-corrected chi connectivity index (χ0v) is 14.1. The van der Waals surface area contributed by atoms with Crippen molar-refractivity contribution < 1.29 is 50.6 Å². The summed E-state index contributed by atoms with van der Waals surface area (Å²) < 4.78 is 88.7. The molecule has 1 aliphatic heterocycles. The van der Waals surface area contributed by atoms with E-state index in [-0.39, 0.29) is 36.5 Å². The first kappa shape index (κ1) is 21.6. The Morgan fingerprint density at radius 2 is 1.89 bits per heavy atom. The van der Waals surface area contributed by atoms with Crippen molar-refractivity contribution in [2.24, 2.45) is 4.99 Å². The quantitative estimate of drug-likeness (QED) is 0.423. The molecular weight excluding hydrogens is 402 g/mol. The summed E-state index contributed by atoms with van der Waals surface area (Å²) in [5, 5.41) is 8.59. The molecule has 1 atom stereocenters. The van der Waals surface area contributed by atoms with E-state index in [9.17, 15) is 31.1 Å². The van der Waals surface area contributed by atoms with Gasteiger partial charge in [-0.1, -0.05) is 13.3 Å². The van der Waals surface area contributed by atoms with Gasteiger partial charge in [0.2, 0.25) is 5.90 Å². The molecule has 0 fully saturated rings. The number of hydroxylamine groups is 1. The first-order valence-electron chi connectivity index (χ1n) is 7.77. The van der Waals surface area contributed by atoms with Gasteiger partial charge in [0.1, 0.15) is 6.61 Å².